The molecular weight excluding hydrogens is 213 g/mol. The highest BCUT2D eigenvalue weighted by atomic mass is 32.1. The van der Waals surface area contributed by atoms with E-state index < -0.39 is 0 Å². The summed E-state index contributed by atoms with van der Waals surface area (Å²) in [6.07, 6.45) is 0.715. The Hall–Kier alpha value is -1.33. The van der Waals surface area contributed by atoms with Gasteiger partial charge in [-0.15, -0.1) is 10.2 Å². The molecule has 78 valence electrons. The van der Waals surface area contributed by atoms with E-state index in [4.69, 9.17) is 5.73 Å². The van der Waals surface area contributed by atoms with Gasteiger partial charge in [0.25, 0.3) is 0 Å². The van der Waals surface area contributed by atoms with Crippen molar-refractivity contribution in [1.29, 1.82) is 0 Å². The van der Waals surface area contributed by atoms with E-state index in [9.17, 15) is 4.39 Å². The third-order valence-corrected chi connectivity index (χ3v) is 2.93. The van der Waals surface area contributed by atoms with Crippen LogP contribution < -0.4 is 5.73 Å². The van der Waals surface area contributed by atoms with E-state index in [1.54, 1.807) is 6.07 Å². The minimum Gasteiger partial charge on any atom is -0.330 e. The third kappa shape index (κ3) is 2.37. The molecule has 0 spiro atoms. The van der Waals surface area contributed by atoms with Gasteiger partial charge in [0.2, 0.25) is 0 Å². The zero-order valence-electron chi connectivity index (χ0n) is 7.98. The van der Waals surface area contributed by atoms with E-state index in [2.05, 4.69) is 10.2 Å². The number of benzene rings is 1. The molecule has 1 heterocycles. The summed E-state index contributed by atoms with van der Waals surface area (Å²) < 4.78 is 12.9. The van der Waals surface area contributed by atoms with E-state index in [0.717, 1.165) is 15.6 Å². The van der Waals surface area contributed by atoms with Crippen LogP contribution in [0.3, 0.4) is 0 Å². The van der Waals surface area contributed by atoms with Crippen molar-refractivity contribution in [3.05, 3.63) is 35.1 Å². The van der Waals surface area contributed by atoms with Crippen molar-refractivity contribution in [2.24, 2.45) is 5.73 Å². The Morgan fingerprint density at radius 3 is 2.93 bits per heavy atom. The smallest absolute Gasteiger partial charge is 0.147 e. The molecule has 0 amide bonds. The van der Waals surface area contributed by atoms with Crippen LogP contribution >= 0.6 is 11.3 Å². The number of rotatable bonds is 3. The summed E-state index contributed by atoms with van der Waals surface area (Å²) in [5, 5.41) is 9.59. The number of nitrogens with two attached hydrogens (primary N) is 1. The minimum atomic E-state index is -0.261. The van der Waals surface area contributed by atoms with Crippen LogP contribution in [0.15, 0.2) is 24.3 Å². The number of nitrogens with zero attached hydrogens (tertiary/aromatic N) is 2. The van der Waals surface area contributed by atoms with Crippen LogP contribution in [0.5, 0.6) is 0 Å². The van der Waals surface area contributed by atoms with Crippen LogP contribution in [0.4, 0.5) is 4.39 Å². The fourth-order valence-electron chi connectivity index (χ4n) is 1.22. The number of hydrogen-bond acceptors (Lipinski definition) is 4. The van der Waals surface area contributed by atoms with Crippen LogP contribution in [0.1, 0.15) is 5.01 Å². The fourth-order valence-corrected chi connectivity index (χ4v) is 2.07. The molecule has 1 aromatic carbocycles. The Bertz CT molecular complexity index is 455. The van der Waals surface area contributed by atoms with Gasteiger partial charge in [-0.05, 0) is 18.7 Å². The van der Waals surface area contributed by atoms with Crippen molar-refractivity contribution in [3.63, 3.8) is 0 Å². The first kappa shape index (κ1) is 10.2. The molecule has 0 unspecified atom stereocenters. The minimum absolute atomic E-state index is 0.261. The topological polar surface area (TPSA) is 51.8 Å². The molecule has 2 N–H and O–H groups in total. The molecule has 1 aromatic heterocycles. The van der Waals surface area contributed by atoms with E-state index in [0.29, 0.717) is 13.0 Å². The van der Waals surface area contributed by atoms with E-state index >= 15 is 0 Å². The average Bonchev–Trinajstić information content (AvgIpc) is 2.67. The quantitative estimate of drug-likeness (QED) is 0.863. The summed E-state index contributed by atoms with van der Waals surface area (Å²) in [5.41, 5.74) is 6.17. The summed E-state index contributed by atoms with van der Waals surface area (Å²) >= 11 is 1.45. The SMILES string of the molecule is NCCc1nnc(-c2cccc(F)c2)s1. The Morgan fingerprint density at radius 2 is 2.20 bits per heavy atom. The van der Waals surface area contributed by atoms with Gasteiger partial charge >= 0.3 is 0 Å². The van der Waals surface area contributed by atoms with Crippen LogP contribution in [0.2, 0.25) is 0 Å². The van der Waals surface area contributed by atoms with Crippen molar-refractivity contribution >= 4 is 11.3 Å². The molecule has 0 fully saturated rings. The summed E-state index contributed by atoms with van der Waals surface area (Å²) in [4.78, 5) is 0. The van der Waals surface area contributed by atoms with Gasteiger partial charge in [-0.2, -0.15) is 0 Å². The summed E-state index contributed by atoms with van der Waals surface area (Å²) in [5.74, 6) is -0.261. The second-order valence-electron chi connectivity index (χ2n) is 3.05. The predicted molar refractivity (Wildman–Crippen MR) is 58.1 cm³/mol. The first-order valence-electron chi connectivity index (χ1n) is 4.58. The molecule has 0 bridgehead atoms. The van der Waals surface area contributed by atoms with Crippen molar-refractivity contribution in [2.75, 3.05) is 6.54 Å². The summed E-state index contributed by atoms with van der Waals surface area (Å²) in [6, 6.07) is 6.34. The van der Waals surface area contributed by atoms with Gasteiger partial charge < -0.3 is 5.73 Å². The van der Waals surface area contributed by atoms with E-state index in [-0.39, 0.29) is 5.82 Å². The summed E-state index contributed by atoms with van der Waals surface area (Å²) in [6.45, 7) is 0.553. The van der Waals surface area contributed by atoms with Crippen molar-refractivity contribution < 1.29 is 4.39 Å². The number of aromatic nitrogens is 2. The fraction of sp³-hybridized carbons (Fsp3) is 0.200. The highest BCUT2D eigenvalue weighted by molar-refractivity contribution is 7.14. The van der Waals surface area contributed by atoms with Crippen LogP contribution in [0, 0.1) is 5.82 Å². The first-order valence-corrected chi connectivity index (χ1v) is 5.39. The number of hydrogen-bond donors (Lipinski definition) is 1. The molecule has 0 saturated heterocycles. The molecule has 5 heteroatoms. The lowest BCUT2D eigenvalue weighted by Crippen LogP contribution is -2.01. The molecule has 0 aliphatic heterocycles. The van der Waals surface area contributed by atoms with Crippen molar-refractivity contribution in [3.8, 4) is 10.6 Å². The van der Waals surface area contributed by atoms with Gasteiger partial charge in [0, 0.05) is 12.0 Å². The lowest BCUT2D eigenvalue weighted by atomic mass is 10.2. The maximum atomic E-state index is 12.9. The van der Waals surface area contributed by atoms with Gasteiger partial charge in [0.15, 0.2) is 0 Å². The molecule has 0 aliphatic rings. The normalized spacial score (nSPS) is 10.5. The second-order valence-corrected chi connectivity index (χ2v) is 4.11. The van der Waals surface area contributed by atoms with E-state index in [1.165, 1.54) is 23.5 Å². The Morgan fingerprint density at radius 1 is 1.33 bits per heavy atom. The molecule has 2 aromatic rings. The highest BCUT2D eigenvalue weighted by Gasteiger charge is 2.06. The molecule has 15 heavy (non-hydrogen) atoms. The average molecular weight is 223 g/mol. The van der Waals surface area contributed by atoms with Gasteiger partial charge in [-0.25, -0.2) is 4.39 Å². The highest BCUT2D eigenvalue weighted by Crippen LogP contribution is 2.23. The third-order valence-electron chi connectivity index (χ3n) is 1.90. The lowest BCUT2D eigenvalue weighted by Gasteiger charge is -1.93. The second kappa shape index (κ2) is 4.46. The molecule has 0 radical (unpaired) electrons. The zero-order valence-corrected chi connectivity index (χ0v) is 8.80. The molecule has 2 rings (SSSR count). The maximum absolute atomic E-state index is 12.9. The Balaban J connectivity index is 2.29. The van der Waals surface area contributed by atoms with Gasteiger partial charge in [-0.1, -0.05) is 23.5 Å². The predicted octanol–water partition coefficient (Wildman–Crippen LogP) is 1.85. The van der Waals surface area contributed by atoms with Crippen molar-refractivity contribution in [2.45, 2.75) is 6.42 Å². The Kier molecular flexibility index (Phi) is 3.03. The van der Waals surface area contributed by atoms with Crippen LogP contribution in [-0.4, -0.2) is 16.7 Å². The zero-order chi connectivity index (χ0) is 10.7. The summed E-state index contributed by atoms with van der Waals surface area (Å²) in [7, 11) is 0. The van der Waals surface area contributed by atoms with Crippen LogP contribution in [0.25, 0.3) is 10.6 Å². The van der Waals surface area contributed by atoms with Gasteiger partial charge in [0.1, 0.15) is 15.8 Å². The Labute approximate surface area is 90.8 Å². The molecule has 3 nitrogen and oxygen atoms in total. The molecule has 0 saturated carbocycles. The number of halogens is 1. The molecule has 0 atom stereocenters. The monoisotopic (exact) mass is 223 g/mol. The molecular formula is C10H10FN3S. The first-order chi connectivity index (χ1) is 7.29. The van der Waals surface area contributed by atoms with Gasteiger partial charge in [0.05, 0.1) is 0 Å². The standard InChI is InChI=1S/C10H10FN3S/c11-8-3-1-2-7(6-8)10-14-13-9(15-10)4-5-12/h1-3,6H,4-5,12H2. The van der Waals surface area contributed by atoms with Crippen molar-refractivity contribution in [1.82, 2.24) is 10.2 Å². The van der Waals surface area contributed by atoms with E-state index in [1.807, 2.05) is 6.07 Å². The van der Waals surface area contributed by atoms with Crippen LogP contribution in [-0.2, 0) is 6.42 Å². The molecule has 0 aliphatic carbocycles. The lowest BCUT2D eigenvalue weighted by molar-refractivity contribution is 0.628. The largest absolute Gasteiger partial charge is 0.330 e. The maximum Gasteiger partial charge on any atom is 0.147 e. The van der Waals surface area contributed by atoms with Gasteiger partial charge in [-0.3, -0.25) is 0 Å².